The van der Waals surface area contributed by atoms with Gasteiger partial charge in [-0.2, -0.15) is 0 Å². The molecular formula is C13H18BrFO2. The van der Waals surface area contributed by atoms with Crippen LogP contribution >= 0.6 is 15.9 Å². The van der Waals surface area contributed by atoms with Gasteiger partial charge in [0, 0.05) is 13.7 Å². The lowest BCUT2D eigenvalue weighted by molar-refractivity contribution is 0.102. The van der Waals surface area contributed by atoms with Gasteiger partial charge in [-0.1, -0.05) is 13.0 Å². The predicted molar refractivity (Wildman–Crippen MR) is 69.5 cm³/mol. The molecule has 0 aliphatic rings. The highest BCUT2D eigenvalue weighted by Crippen LogP contribution is 2.19. The van der Waals surface area contributed by atoms with Crippen LogP contribution in [0.2, 0.25) is 0 Å². The van der Waals surface area contributed by atoms with E-state index in [2.05, 4.69) is 15.9 Å². The molecule has 1 N–H and O–H groups in total. The summed E-state index contributed by atoms with van der Waals surface area (Å²) in [6, 6.07) is 4.81. The van der Waals surface area contributed by atoms with Gasteiger partial charge in [-0.15, -0.1) is 0 Å². The van der Waals surface area contributed by atoms with Crippen LogP contribution < -0.4 is 0 Å². The smallest absolute Gasteiger partial charge is 0.137 e. The lowest BCUT2D eigenvalue weighted by Gasteiger charge is -2.16. The van der Waals surface area contributed by atoms with Crippen molar-refractivity contribution in [3.8, 4) is 0 Å². The van der Waals surface area contributed by atoms with Gasteiger partial charge in [0.2, 0.25) is 0 Å². The van der Waals surface area contributed by atoms with Crippen molar-refractivity contribution in [3.05, 3.63) is 34.1 Å². The molecule has 0 fully saturated rings. The zero-order valence-corrected chi connectivity index (χ0v) is 11.7. The van der Waals surface area contributed by atoms with Crippen LogP contribution in [0.25, 0.3) is 0 Å². The molecule has 2 unspecified atom stereocenters. The first-order chi connectivity index (χ1) is 8.02. The van der Waals surface area contributed by atoms with Gasteiger partial charge in [0.1, 0.15) is 5.82 Å². The van der Waals surface area contributed by atoms with Gasteiger partial charge >= 0.3 is 0 Å². The van der Waals surface area contributed by atoms with Gasteiger partial charge in [-0.05, 0) is 52.4 Å². The quantitative estimate of drug-likeness (QED) is 0.875. The molecule has 0 heterocycles. The number of halogens is 2. The molecule has 0 radical (unpaired) electrons. The lowest BCUT2D eigenvalue weighted by Crippen LogP contribution is -2.17. The van der Waals surface area contributed by atoms with E-state index in [0.29, 0.717) is 29.8 Å². The van der Waals surface area contributed by atoms with Crippen LogP contribution in [0.3, 0.4) is 0 Å². The first kappa shape index (κ1) is 14.6. The molecule has 0 saturated heterocycles. The summed E-state index contributed by atoms with van der Waals surface area (Å²) in [7, 11) is 1.65. The highest BCUT2D eigenvalue weighted by molar-refractivity contribution is 9.10. The Hall–Kier alpha value is -0.450. The monoisotopic (exact) mass is 304 g/mol. The van der Waals surface area contributed by atoms with Crippen molar-refractivity contribution in [2.24, 2.45) is 5.92 Å². The summed E-state index contributed by atoms with van der Waals surface area (Å²) in [4.78, 5) is 0. The Bertz CT molecular complexity index is 357. The number of benzene rings is 1. The average Bonchev–Trinajstić information content (AvgIpc) is 2.23. The third-order valence-electron chi connectivity index (χ3n) is 2.58. The second-order valence-corrected chi connectivity index (χ2v) is 5.26. The third-order valence-corrected chi connectivity index (χ3v) is 3.19. The van der Waals surface area contributed by atoms with E-state index in [1.54, 1.807) is 19.2 Å². The Morgan fingerprint density at radius 2 is 2.18 bits per heavy atom. The minimum absolute atomic E-state index is 0.281. The molecule has 4 heteroatoms. The molecule has 0 saturated carbocycles. The first-order valence-corrected chi connectivity index (χ1v) is 6.43. The highest BCUT2D eigenvalue weighted by Gasteiger charge is 2.11. The molecule has 0 amide bonds. The van der Waals surface area contributed by atoms with E-state index in [1.165, 1.54) is 6.07 Å². The van der Waals surface area contributed by atoms with Crippen LogP contribution in [0.4, 0.5) is 4.39 Å². The molecule has 1 aromatic carbocycles. The van der Waals surface area contributed by atoms with Crippen molar-refractivity contribution >= 4 is 15.9 Å². The fourth-order valence-electron chi connectivity index (χ4n) is 1.84. The maximum atomic E-state index is 13.0. The summed E-state index contributed by atoms with van der Waals surface area (Å²) < 4.78 is 18.5. The number of hydrogen-bond acceptors (Lipinski definition) is 2. The molecule has 2 nitrogen and oxygen atoms in total. The Morgan fingerprint density at radius 1 is 1.47 bits per heavy atom. The standard InChI is InChI=1S/C13H18BrFO2/c1-9(8-17-2)5-11(16)6-10-3-4-13(15)12(14)7-10/h3-4,7,9,11,16H,5-6,8H2,1-2H3. The summed E-state index contributed by atoms with van der Waals surface area (Å²) in [5.74, 6) is 0.0369. The SMILES string of the molecule is COCC(C)CC(O)Cc1ccc(F)c(Br)c1. The number of methoxy groups -OCH3 is 1. The number of rotatable bonds is 6. The van der Waals surface area contributed by atoms with Crippen molar-refractivity contribution in [3.63, 3.8) is 0 Å². The molecule has 2 atom stereocenters. The van der Waals surface area contributed by atoms with E-state index in [-0.39, 0.29) is 5.82 Å². The highest BCUT2D eigenvalue weighted by atomic mass is 79.9. The Kier molecular flexibility index (Phi) is 6.09. The van der Waals surface area contributed by atoms with Gasteiger partial charge in [0.25, 0.3) is 0 Å². The molecule has 0 aliphatic heterocycles. The Balaban J connectivity index is 2.50. The van der Waals surface area contributed by atoms with E-state index in [1.807, 2.05) is 6.92 Å². The normalized spacial score (nSPS) is 14.6. The van der Waals surface area contributed by atoms with Crippen LogP contribution in [-0.4, -0.2) is 24.9 Å². The number of hydrogen-bond donors (Lipinski definition) is 1. The fourth-order valence-corrected chi connectivity index (χ4v) is 2.27. The van der Waals surface area contributed by atoms with E-state index < -0.39 is 6.10 Å². The van der Waals surface area contributed by atoms with Gasteiger partial charge in [0.05, 0.1) is 10.6 Å². The van der Waals surface area contributed by atoms with Crippen LogP contribution in [-0.2, 0) is 11.2 Å². The zero-order valence-electron chi connectivity index (χ0n) is 10.1. The largest absolute Gasteiger partial charge is 0.393 e. The van der Waals surface area contributed by atoms with Crippen LogP contribution in [0.15, 0.2) is 22.7 Å². The summed E-state index contributed by atoms with van der Waals surface area (Å²) in [5.41, 5.74) is 0.926. The van der Waals surface area contributed by atoms with Gasteiger partial charge in [0.15, 0.2) is 0 Å². The van der Waals surface area contributed by atoms with Gasteiger partial charge < -0.3 is 9.84 Å². The summed E-state index contributed by atoms with van der Waals surface area (Å²) >= 11 is 3.14. The fraction of sp³-hybridized carbons (Fsp3) is 0.538. The molecular weight excluding hydrogens is 287 g/mol. The van der Waals surface area contributed by atoms with Crippen LogP contribution in [0.5, 0.6) is 0 Å². The third kappa shape index (κ3) is 5.15. The van der Waals surface area contributed by atoms with Gasteiger partial charge in [-0.3, -0.25) is 0 Å². The van der Waals surface area contributed by atoms with Gasteiger partial charge in [-0.25, -0.2) is 4.39 Å². The van der Waals surface area contributed by atoms with Crippen LogP contribution in [0.1, 0.15) is 18.9 Å². The lowest BCUT2D eigenvalue weighted by atomic mass is 9.99. The van der Waals surface area contributed by atoms with Crippen molar-refractivity contribution in [1.82, 2.24) is 0 Å². The van der Waals surface area contributed by atoms with Crippen molar-refractivity contribution < 1.29 is 14.2 Å². The molecule has 17 heavy (non-hydrogen) atoms. The van der Waals surface area contributed by atoms with Crippen molar-refractivity contribution in [1.29, 1.82) is 0 Å². The summed E-state index contributed by atoms with van der Waals surface area (Å²) in [5, 5.41) is 9.90. The molecule has 1 rings (SSSR count). The van der Waals surface area contributed by atoms with E-state index in [0.717, 1.165) is 5.56 Å². The topological polar surface area (TPSA) is 29.5 Å². The second-order valence-electron chi connectivity index (χ2n) is 4.40. The molecule has 0 aromatic heterocycles. The number of aliphatic hydroxyl groups excluding tert-OH is 1. The van der Waals surface area contributed by atoms with Crippen LogP contribution in [0, 0.1) is 11.7 Å². The number of aliphatic hydroxyl groups is 1. The Morgan fingerprint density at radius 3 is 2.76 bits per heavy atom. The molecule has 0 spiro atoms. The van der Waals surface area contributed by atoms with E-state index in [4.69, 9.17) is 4.74 Å². The Labute approximate surface area is 110 Å². The summed E-state index contributed by atoms with van der Waals surface area (Å²) in [6.07, 6.45) is 0.799. The first-order valence-electron chi connectivity index (χ1n) is 5.64. The predicted octanol–water partition coefficient (Wildman–Crippen LogP) is 3.16. The second kappa shape index (κ2) is 7.09. The summed E-state index contributed by atoms with van der Waals surface area (Å²) in [6.45, 7) is 2.68. The molecule has 1 aromatic rings. The maximum absolute atomic E-state index is 13.0. The van der Waals surface area contributed by atoms with E-state index in [9.17, 15) is 9.50 Å². The molecule has 0 bridgehead atoms. The average molecular weight is 305 g/mol. The minimum Gasteiger partial charge on any atom is -0.393 e. The minimum atomic E-state index is -0.419. The zero-order chi connectivity index (χ0) is 12.8. The van der Waals surface area contributed by atoms with Crippen molar-refractivity contribution in [2.45, 2.75) is 25.9 Å². The van der Waals surface area contributed by atoms with E-state index >= 15 is 0 Å². The number of ether oxygens (including phenoxy) is 1. The molecule has 96 valence electrons. The maximum Gasteiger partial charge on any atom is 0.137 e. The molecule has 0 aliphatic carbocycles. The van der Waals surface area contributed by atoms with Crippen molar-refractivity contribution in [2.75, 3.05) is 13.7 Å².